The van der Waals surface area contributed by atoms with Gasteiger partial charge in [0.2, 0.25) is 0 Å². The Hall–Kier alpha value is -3.09. The molecule has 0 aliphatic carbocycles. The molecule has 7 heteroatoms. The van der Waals surface area contributed by atoms with Gasteiger partial charge in [0.15, 0.2) is 0 Å². The number of halogens is 5. The van der Waals surface area contributed by atoms with E-state index in [1.165, 1.54) is 12.1 Å². The van der Waals surface area contributed by atoms with Crippen LogP contribution in [0.25, 0.3) is 0 Å². The molecule has 0 radical (unpaired) electrons. The molecule has 2 nitrogen and oxygen atoms in total. The van der Waals surface area contributed by atoms with Gasteiger partial charge in [0, 0.05) is 23.9 Å². The molecule has 0 bridgehead atoms. The average molecular weight is 407 g/mol. The second-order valence-corrected chi connectivity index (χ2v) is 6.57. The molecule has 0 aliphatic rings. The summed E-state index contributed by atoms with van der Waals surface area (Å²) in [5, 5.41) is 3.01. The Labute approximate surface area is 164 Å². The van der Waals surface area contributed by atoms with E-state index in [2.05, 4.69) is 5.32 Å². The number of ether oxygens (including phenoxy) is 1. The van der Waals surface area contributed by atoms with Crippen LogP contribution in [-0.4, -0.2) is 6.18 Å². The smallest absolute Gasteiger partial charge is 0.457 e. The number of rotatable bonds is 6. The summed E-state index contributed by atoms with van der Waals surface area (Å²) in [6, 6.07) is 18.8. The minimum atomic E-state index is -5.64. The highest BCUT2D eigenvalue weighted by molar-refractivity contribution is 5.50. The van der Waals surface area contributed by atoms with Gasteiger partial charge in [-0.2, -0.15) is 22.0 Å². The van der Waals surface area contributed by atoms with E-state index in [1.54, 1.807) is 24.3 Å². The van der Waals surface area contributed by atoms with E-state index in [1.807, 2.05) is 31.2 Å². The molecule has 29 heavy (non-hydrogen) atoms. The maximum Gasteiger partial charge on any atom is 0.458 e. The summed E-state index contributed by atoms with van der Waals surface area (Å²) in [5.41, 5.74) is 0.910. The third kappa shape index (κ3) is 5.04. The summed E-state index contributed by atoms with van der Waals surface area (Å²) in [7, 11) is 0. The van der Waals surface area contributed by atoms with Crippen LogP contribution in [0, 0.1) is 6.92 Å². The Bertz CT molecular complexity index is 985. The van der Waals surface area contributed by atoms with Gasteiger partial charge in [0.1, 0.15) is 11.5 Å². The lowest BCUT2D eigenvalue weighted by atomic mass is 10.0. The summed E-state index contributed by atoms with van der Waals surface area (Å²) in [4.78, 5) is 0. The number of anilines is 1. The fourth-order valence-corrected chi connectivity index (χ4v) is 2.73. The van der Waals surface area contributed by atoms with Gasteiger partial charge >= 0.3 is 12.1 Å². The number of hydrogen-bond acceptors (Lipinski definition) is 2. The fourth-order valence-electron chi connectivity index (χ4n) is 2.73. The summed E-state index contributed by atoms with van der Waals surface area (Å²) in [6.45, 7) is 2.02. The molecular formula is C22H18F5NO. The Morgan fingerprint density at radius 3 is 2.14 bits per heavy atom. The van der Waals surface area contributed by atoms with Gasteiger partial charge < -0.3 is 10.1 Å². The maximum absolute atomic E-state index is 13.5. The van der Waals surface area contributed by atoms with E-state index in [0.717, 1.165) is 17.7 Å². The van der Waals surface area contributed by atoms with Gasteiger partial charge in [-0.3, -0.25) is 0 Å². The van der Waals surface area contributed by atoms with Crippen molar-refractivity contribution in [1.82, 2.24) is 0 Å². The van der Waals surface area contributed by atoms with E-state index in [4.69, 9.17) is 4.74 Å². The lowest BCUT2D eigenvalue weighted by Crippen LogP contribution is -2.33. The Morgan fingerprint density at radius 2 is 1.45 bits per heavy atom. The molecule has 0 aromatic heterocycles. The van der Waals surface area contributed by atoms with Crippen molar-refractivity contribution in [2.24, 2.45) is 0 Å². The molecule has 3 aromatic rings. The van der Waals surface area contributed by atoms with E-state index in [0.29, 0.717) is 22.7 Å². The van der Waals surface area contributed by atoms with Crippen LogP contribution in [-0.2, 0) is 12.5 Å². The minimum Gasteiger partial charge on any atom is -0.457 e. The predicted molar refractivity (Wildman–Crippen MR) is 101 cm³/mol. The summed E-state index contributed by atoms with van der Waals surface area (Å²) in [6.07, 6.45) is -5.64. The SMILES string of the molecule is Cc1cccc(Oc2cccc(NCc3cccc(C(F)(F)C(F)(F)F)c3)c2)c1. The van der Waals surface area contributed by atoms with Crippen LogP contribution in [0.15, 0.2) is 72.8 Å². The van der Waals surface area contributed by atoms with Crippen LogP contribution in [0.3, 0.4) is 0 Å². The van der Waals surface area contributed by atoms with Crippen LogP contribution < -0.4 is 10.1 Å². The molecule has 0 fully saturated rings. The van der Waals surface area contributed by atoms with Crippen molar-refractivity contribution < 1.29 is 26.7 Å². The van der Waals surface area contributed by atoms with Crippen molar-refractivity contribution in [2.45, 2.75) is 25.6 Å². The van der Waals surface area contributed by atoms with Gasteiger partial charge in [-0.05, 0) is 48.4 Å². The number of alkyl halides is 5. The molecule has 0 amide bonds. The Kier molecular flexibility index (Phi) is 5.77. The average Bonchev–Trinajstić information content (AvgIpc) is 2.66. The molecule has 152 valence electrons. The predicted octanol–water partition coefficient (Wildman–Crippen LogP) is 7.05. The number of benzene rings is 3. The summed E-state index contributed by atoms with van der Waals surface area (Å²) >= 11 is 0. The first kappa shape index (κ1) is 20.6. The second kappa shape index (κ2) is 8.11. The van der Waals surface area contributed by atoms with Crippen molar-refractivity contribution in [3.8, 4) is 11.5 Å². The zero-order chi connectivity index (χ0) is 21.1. The first-order chi connectivity index (χ1) is 13.6. The number of hydrogen-bond donors (Lipinski definition) is 1. The Morgan fingerprint density at radius 1 is 0.793 bits per heavy atom. The standard InChI is InChI=1S/C22H18F5NO/c1-15-5-2-9-19(11-15)29-20-10-4-8-18(13-20)28-14-16-6-3-7-17(12-16)21(23,24)22(25,26)27/h2-13,28H,14H2,1H3. The van der Waals surface area contributed by atoms with Gasteiger partial charge in [-0.1, -0.05) is 36.4 Å². The monoisotopic (exact) mass is 407 g/mol. The molecule has 3 aromatic carbocycles. The summed E-state index contributed by atoms with van der Waals surface area (Å²) < 4.78 is 70.6. The number of aryl methyl sites for hydroxylation is 1. The molecule has 0 atom stereocenters. The van der Waals surface area contributed by atoms with E-state index >= 15 is 0 Å². The first-order valence-electron chi connectivity index (χ1n) is 8.77. The van der Waals surface area contributed by atoms with Crippen molar-refractivity contribution >= 4 is 5.69 Å². The zero-order valence-electron chi connectivity index (χ0n) is 15.4. The fraction of sp³-hybridized carbons (Fsp3) is 0.182. The topological polar surface area (TPSA) is 21.3 Å². The van der Waals surface area contributed by atoms with E-state index in [-0.39, 0.29) is 6.54 Å². The van der Waals surface area contributed by atoms with Crippen LogP contribution in [0.2, 0.25) is 0 Å². The summed E-state index contributed by atoms with van der Waals surface area (Å²) in [5.74, 6) is -3.66. The van der Waals surface area contributed by atoms with Crippen molar-refractivity contribution in [1.29, 1.82) is 0 Å². The third-order valence-electron chi connectivity index (χ3n) is 4.20. The van der Waals surface area contributed by atoms with Gasteiger partial charge in [-0.25, -0.2) is 0 Å². The molecule has 3 rings (SSSR count). The highest BCUT2D eigenvalue weighted by Crippen LogP contribution is 2.43. The molecule has 0 heterocycles. The molecule has 0 unspecified atom stereocenters. The van der Waals surface area contributed by atoms with Crippen molar-refractivity contribution in [3.05, 3.63) is 89.5 Å². The molecule has 1 N–H and O–H groups in total. The molecule has 0 saturated carbocycles. The first-order valence-corrected chi connectivity index (χ1v) is 8.77. The van der Waals surface area contributed by atoms with Crippen molar-refractivity contribution in [3.63, 3.8) is 0 Å². The highest BCUT2D eigenvalue weighted by Gasteiger charge is 2.58. The van der Waals surface area contributed by atoms with Gasteiger partial charge in [-0.15, -0.1) is 0 Å². The van der Waals surface area contributed by atoms with Crippen molar-refractivity contribution in [2.75, 3.05) is 5.32 Å². The quantitative estimate of drug-likeness (QED) is 0.442. The minimum absolute atomic E-state index is 0.0790. The highest BCUT2D eigenvalue weighted by atomic mass is 19.4. The molecule has 0 spiro atoms. The molecule has 0 aliphatic heterocycles. The van der Waals surface area contributed by atoms with Crippen LogP contribution >= 0.6 is 0 Å². The van der Waals surface area contributed by atoms with E-state index in [9.17, 15) is 22.0 Å². The molecule has 0 saturated heterocycles. The van der Waals surface area contributed by atoms with Crippen LogP contribution in [0.5, 0.6) is 11.5 Å². The maximum atomic E-state index is 13.5. The lowest BCUT2D eigenvalue weighted by molar-refractivity contribution is -0.289. The van der Waals surface area contributed by atoms with Gasteiger partial charge in [0.25, 0.3) is 0 Å². The lowest BCUT2D eigenvalue weighted by Gasteiger charge is -2.20. The third-order valence-corrected chi connectivity index (χ3v) is 4.20. The van der Waals surface area contributed by atoms with Crippen LogP contribution in [0.4, 0.5) is 27.6 Å². The zero-order valence-corrected chi connectivity index (χ0v) is 15.4. The van der Waals surface area contributed by atoms with E-state index < -0.39 is 17.7 Å². The molecular weight excluding hydrogens is 389 g/mol. The van der Waals surface area contributed by atoms with Gasteiger partial charge in [0.05, 0.1) is 0 Å². The second-order valence-electron chi connectivity index (χ2n) is 6.57. The van der Waals surface area contributed by atoms with Crippen LogP contribution in [0.1, 0.15) is 16.7 Å². The largest absolute Gasteiger partial charge is 0.458 e. The normalized spacial score (nSPS) is 11.9. The number of nitrogens with one attached hydrogen (secondary N) is 1. The Balaban J connectivity index is 1.70.